The van der Waals surface area contributed by atoms with Gasteiger partial charge in [0.2, 0.25) is 0 Å². The molecule has 29 heavy (non-hydrogen) atoms. The van der Waals surface area contributed by atoms with Crippen LogP contribution in [0.5, 0.6) is 0 Å². The zero-order valence-corrected chi connectivity index (χ0v) is 17.7. The summed E-state index contributed by atoms with van der Waals surface area (Å²) in [6, 6.07) is 12.8. The molecule has 5 nitrogen and oxygen atoms in total. The van der Waals surface area contributed by atoms with Crippen molar-refractivity contribution in [3.05, 3.63) is 42.2 Å². The molecule has 0 saturated carbocycles. The van der Waals surface area contributed by atoms with Crippen molar-refractivity contribution < 1.29 is 9.47 Å². The SMILES string of the molecule is Cc1nc(N2CCC(OCC3CCOC3)CC2)c2cc(-c3ccccc3)sc2n1. The van der Waals surface area contributed by atoms with E-state index in [9.17, 15) is 0 Å². The molecule has 1 atom stereocenters. The van der Waals surface area contributed by atoms with Crippen LogP contribution in [0.25, 0.3) is 20.7 Å². The number of nitrogens with zero attached hydrogens (tertiary/aromatic N) is 3. The van der Waals surface area contributed by atoms with E-state index in [1.54, 1.807) is 11.3 Å². The summed E-state index contributed by atoms with van der Waals surface area (Å²) in [5.74, 6) is 2.50. The Morgan fingerprint density at radius 2 is 1.97 bits per heavy atom. The Balaban J connectivity index is 1.31. The Hall–Kier alpha value is -2.02. The van der Waals surface area contributed by atoms with E-state index < -0.39 is 0 Å². The van der Waals surface area contributed by atoms with Crippen molar-refractivity contribution in [1.82, 2.24) is 9.97 Å². The van der Waals surface area contributed by atoms with Crippen molar-refractivity contribution in [3.8, 4) is 10.4 Å². The number of rotatable bonds is 5. The first kappa shape index (κ1) is 19.0. The molecule has 5 rings (SSSR count). The monoisotopic (exact) mass is 409 g/mol. The van der Waals surface area contributed by atoms with E-state index >= 15 is 0 Å². The van der Waals surface area contributed by atoms with E-state index in [0.717, 1.165) is 68.6 Å². The number of hydrogen-bond acceptors (Lipinski definition) is 6. The van der Waals surface area contributed by atoms with Crippen LogP contribution >= 0.6 is 11.3 Å². The fourth-order valence-corrected chi connectivity index (χ4v) is 5.29. The third-order valence-electron chi connectivity index (χ3n) is 5.88. The van der Waals surface area contributed by atoms with Crippen LogP contribution in [0.15, 0.2) is 36.4 Å². The summed E-state index contributed by atoms with van der Waals surface area (Å²) >= 11 is 1.75. The van der Waals surface area contributed by atoms with Gasteiger partial charge in [-0.1, -0.05) is 30.3 Å². The Morgan fingerprint density at radius 1 is 1.14 bits per heavy atom. The van der Waals surface area contributed by atoms with E-state index in [1.165, 1.54) is 15.8 Å². The molecule has 0 N–H and O–H groups in total. The molecule has 0 aliphatic carbocycles. The van der Waals surface area contributed by atoms with E-state index in [1.807, 2.05) is 6.92 Å². The lowest BCUT2D eigenvalue weighted by Gasteiger charge is -2.33. The average molecular weight is 410 g/mol. The summed E-state index contributed by atoms with van der Waals surface area (Å²) in [5.41, 5.74) is 1.24. The Kier molecular flexibility index (Phi) is 5.48. The van der Waals surface area contributed by atoms with Gasteiger partial charge in [-0.25, -0.2) is 9.97 Å². The van der Waals surface area contributed by atoms with E-state index in [-0.39, 0.29) is 0 Å². The molecule has 2 aromatic heterocycles. The highest BCUT2D eigenvalue weighted by Gasteiger charge is 2.25. The molecule has 1 aromatic carbocycles. The topological polar surface area (TPSA) is 47.5 Å². The van der Waals surface area contributed by atoms with Crippen molar-refractivity contribution in [2.45, 2.75) is 32.3 Å². The molecule has 2 aliphatic heterocycles. The zero-order chi connectivity index (χ0) is 19.6. The van der Waals surface area contributed by atoms with Gasteiger partial charge in [0, 0.05) is 30.5 Å². The number of hydrogen-bond donors (Lipinski definition) is 0. The van der Waals surface area contributed by atoms with Gasteiger partial charge in [0.25, 0.3) is 0 Å². The molecule has 3 aromatic rings. The van der Waals surface area contributed by atoms with Crippen LogP contribution in [-0.4, -0.2) is 49.0 Å². The van der Waals surface area contributed by atoms with Crippen LogP contribution in [0.2, 0.25) is 0 Å². The van der Waals surface area contributed by atoms with Crippen LogP contribution in [0.1, 0.15) is 25.1 Å². The Bertz CT molecular complexity index is 961. The van der Waals surface area contributed by atoms with E-state index in [4.69, 9.17) is 19.4 Å². The molecule has 0 radical (unpaired) electrons. The molecule has 0 bridgehead atoms. The van der Waals surface area contributed by atoms with Crippen LogP contribution < -0.4 is 4.90 Å². The molecule has 2 aliphatic rings. The quantitative estimate of drug-likeness (QED) is 0.612. The van der Waals surface area contributed by atoms with Crippen LogP contribution in [-0.2, 0) is 9.47 Å². The van der Waals surface area contributed by atoms with Gasteiger partial charge >= 0.3 is 0 Å². The molecule has 1 unspecified atom stereocenters. The molecule has 4 heterocycles. The molecule has 2 fully saturated rings. The first-order valence-electron chi connectivity index (χ1n) is 10.5. The second-order valence-corrected chi connectivity index (χ2v) is 9.07. The number of aryl methyl sites for hydroxylation is 1. The number of anilines is 1. The van der Waals surface area contributed by atoms with Crippen LogP contribution in [0.4, 0.5) is 5.82 Å². The fraction of sp³-hybridized carbons (Fsp3) is 0.478. The lowest BCUT2D eigenvalue weighted by Crippen LogP contribution is -2.38. The number of ether oxygens (including phenoxy) is 2. The maximum atomic E-state index is 6.19. The first-order chi connectivity index (χ1) is 14.3. The van der Waals surface area contributed by atoms with Crippen molar-refractivity contribution in [2.75, 3.05) is 37.8 Å². The number of aromatic nitrogens is 2. The highest BCUT2D eigenvalue weighted by atomic mass is 32.1. The highest BCUT2D eigenvalue weighted by molar-refractivity contribution is 7.21. The highest BCUT2D eigenvalue weighted by Crippen LogP contribution is 2.37. The number of thiophene rings is 1. The van der Waals surface area contributed by atoms with Crippen molar-refractivity contribution in [1.29, 1.82) is 0 Å². The zero-order valence-electron chi connectivity index (χ0n) is 16.8. The van der Waals surface area contributed by atoms with Gasteiger partial charge in [-0.2, -0.15) is 0 Å². The molecule has 0 spiro atoms. The number of piperidine rings is 1. The predicted octanol–water partition coefficient (Wildman–Crippen LogP) is 4.69. The van der Waals surface area contributed by atoms with Gasteiger partial charge < -0.3 is 14.4 Å². The predicted molar refractivity (Wildman–Crippen MR) is 118 cm³/mol. The van der Waals surface area contributed by atoms with Crippen LogP contribution in [0, 0.1) is 12.8 Å². The fourth-order valence-electron chi connectivity index (χ4n) is 4.22. The van der Waals surface area contributed by atoms with Crippen LogP contribution in [0.3, 0.4) is 0 Å². The summed E-state index contributed by atoms with van der Waals surface area (Å²) in [7, 11) is 0. The smallest absolute Gasteiger partial charge is 0.141 e. The third kappa shape index (κ3) is 4.15. The van der Waals surface area contributed by atoms with Gasteiger partial charge in [0.15, 0.2) is 0 Å². The summed E-state index contributed by atoms with van der Waals surface area (Å²) in [6.07, 6.45) is 3.59. The summed E-state index contributed by atoms with van der Waals surface area (Å²) < 4.78 is 11.6. The molecular formula is C23H27N3O2S. The van der Waals surface area contributed by atoms with Crippen molar-refractivity contribution in [3.63, 3.8) is 0 Å². The maximum Gasteiger partial charge on any atom is 0.141 e. The minimum absolute atomic E-state index is 0.354. The summed E-state index contributed by atoms with van der Waals surface area (Å²) in [5, 5.41) is 1.17. The third-order valence-corrected chi connectivity index (χ3v) is 6.95. The Morgan fingerprint density at radius 3 is 2.72 bits per heavy atom. The number of fused-ring (bicyclic) bond motifs is 1. The average Bonchev–Trinajstić information content (AvgIpc) is 3.42. The second kappa shape index (κ2) is 8.38. The summed E-state index contributed by atoms with van der Waals surface area (Å²) in [4.78, 5) is 14.3. The van der Waals surface area contributed by atoms with E-state index in [2.05, 4.69) is 41.3 Å². The molecular weight excluding hydrogens is 382 g/mol. The molecule has 2 saturated heterocycles. The maximum absolute atomic E-state index is 6.19. The van der Waals surface area contributed by atoms with Gasteiger partial charge in [-0.05, 0) is 37.8 Å². The largest absolute Gasteiger partial charge is 0.381 e. The molecule has 0 amide bonds. The van der Waals surface area contributed by atoms with Gasteiger partial charge in [0.05, 0.1) is 24.7 Å². The van der Waals surface area contributed by atoms with Gasteiger partial charge in [-0.3, -0.25) is 0 Å². The lowest BCUT2D eigenvalue weighted by molar-refractivity contribution is 0.0131. The second-order valence-electron chi connectivity index (χ2n) is 8.04. The van der Waals surface area contributed by atoms with Gasteiger partial charge in [0.1, 0.15) is 16.5 Å². The molecule has 152 valence electrons. The minimum Gasteiger partial charge on any atom is -0.381 e. The number of benzene rings is 1. The summed E-state index contributed by atoms with van der Waals surface area (Å²) in [6.45, 7) is 6.54. The minimum atomic E-state index is 0.354. The van der Waals surface area contributed by atoms with Gasteiger partial charge in [-0.15, -0.1) is 11.3 Å². The molecule has 6 heteroatoms. The normalized spacial score (nSPS) is 20.6. The van der Waals surface area contributed by atoms with Crippen molar-refractivity contribution >= 4 is 27.4 Å². The Labute approximate surface area is 175 Å². The lowest BCUT2D eigenvalue weighted by atomic mass is 10.1. The van der Waals surface area contributed by atoms with Crippen molar-refractivity contribution in [2.24, 2.45) is 5.92 Å². The van der Waals surface area contributed by atoms with E-state index in [0.29, 0.717) is 12.0 Å². The standard InChI is InChI=1S/C23H27N3O2S/c1-16-24-22(20-13-21(29-23(20)25-16)18-5-3-2-4-6-18)26-10-7-19(8-11-26)28-15-17-9-12-27-14-17/h2-6,13,17,19H,7-12,14-15H2,1H3. The first-order valence-corrected chi connectivity index (χ1v) is 11.4.